The van der Waals surface area contributed by atoms with Crippen LogP contribution in [-0.2, 0) is 9.53 Å². The molecular formula is C27H52O2. The van der Waals surface area contributed by atoms with E-state index in [1.807, 2.05) is 0 Å². The molecule has 2 heteroatoms. The molecule has 0 rings (SSSR count). The third-order valence-electron chi connectivity index (χ3n) is 6.21. The quantitative estimate of drug-likeness (QED) is 0.107. The van der Waals surface area contributed by atoms with E-state index >= 15 is 0 Å². The van der Waals surface area contributed by atoms with E-state index in [0.29, 0.717) is 13.0 Å². The van der Waals surface area contributed by atoms with Crippen molar-refractivity contribution in [3.05, 3.63) is 12.2 Å². The average molecular weight is 409 g/mol. The molecule has 0 spiro atoms. The summed E-state index contributed by atoms with van der Waals surface area (Å²) in [5.74, 6) is -0.00111. The van der Waals surface area contributed by atoms with Gasteiger partial charge in [0.15, 0.2) is 0 Å². The molecule has 172 valence electrons. The molecule has 0 aromatic heterocycles. The summed E-state index contributed by atoms with van der Waals surface area (Å²) in [7, 11) is 0. The van der Waals surface area contributed by atoms with Crippen molar-refractivity contribution >= 4 is 5.97 Å². The summed E-state index contributed by atoms with van der Waals surface area (Å²) < 4.78 is 5.57. The highest BCUT2D eigenvalue weighted by molar-refractivity contribution is 5.69. The van der Waals surface area contributed by atoms with Crippen LogP contribution in [0.4, 0.5) is 0 Å². The van der Waals surface area contributed by atoms with Gasteiger partial charge in [0.2, 0.25) is 0 Å². The Morgan fingerprint density at radius 1 is 0.724 bits per heavy atom. The molecule has 0 N–H and O–H groups in total. The van der Waals surface area contributed by atoms with Gasteiger partial charge in [0.1, 0.15) is 0 Å². The molecule has 1 atom stereocenters. The third kappa shape index (κ3) is 18.9. The standard InChI is InChI=1S/C27H52O2/c1-5-8-10-11-12-13-14-15-16-17-18-19-20-21-22-23-26(28)29-25-27(4,7-3)24-9-6-2/h15-16H,5-14,17-25H2,1-4H3. The maximum absolute atomic E-state index is 12.0. The van der Waals surface area contributed by atoms with Crippen molar-refractivity contribution in [2.24, 2.45) is 5.41 Å². The minimum absolute atomic E-state index is 0.00111. The summed E-state index contributed by atoms with van der Waals surface area (Å²) in [6.45, 7) is 9.53. The Hall–Kier alpha value is -0.790. The average Bonchev–Trinajstić information content (AvgIpc) is 2.73. The molecule has 0 saturated heterocycles. The fourth-order valence-corrected chi connectivity index (χ4v) is 3.62. The second kappa shape index (κ2) is 20.5. The number of carbonyl (C=O) groups is 1. The zero-order valence-corrected chi connectivity index (χ0v) is 20.4. The molecule has 0 aromatic carbocycles. The molecule has 0 heterocycles. The molecule has 0 aliphatic carbocycles. The lowest BCUT2D eigenvalue weighted by Crippen LogP contribution is -2.24. The summed E-state index contributed by atoms with van der Waals surface area (Å²) >= 11 is 0. The highest BCUT2D eigenvalue weighted by Crippen LogP contribution is 2.28. The molecule has 0 aliphatic heterocycles. The predicted octanol–water partition coefficient (Wildman–Crippen LogP) is 9.17. The van der Waals surface area contributed by atoms with Crippen LogP contribution in [0.5, 0.6) is 0 Å². The minimum Gasteiger partial charge on any atom is -0.465 e. The monoisotopic (exact) mass is 408 g/mol. The van der Waals surface area contributed by atoms with Gasteiger partial charge in [-0.1, -0.05) is 104 Å². The van der Waals surface area contributed by atoms with Crippen molar-refractivity contribution in [2.75, 3.05) is 6.61 Å². The van der Waals surface area contributed by atoms with E-state index < -0.39 is 0 Å². The lowest BCUT2D eigenvalue weighted by molar-refractivity contribution is -0.147. The molecule has 1 unspecified atom stereocenters. The van der Waals surface area contributed by atoms with Crippen LogP contribution in [0.15, 0.2) is 12.2 Å². The molecule has 0 amide bonds. The van der Waals surface area contributed by atoms with Gasteiger partial charge in [-0.05, 0) is 44.9 Å². The number of hydrogen-bond donors (Lipinski definition) is 0. The van der Waals surface area contributed by atoms with Crippen LogP contribution in [0, 0.1) is 5.41 Å². The highest BCUT2D eigenvalue weighted by atomic mass is 16.5. The van der Waals surface area contributed by atoms with Crippen LogP contribution in [0.2, 0.25) is 0 Å². The van der Waals surface area contributed by atoms with Crippen molar-refractivity contribution in [1.82, 2.24) is 0 Å². The molecule has 0 aliphatic rings. The molecular weight excluding hydrogens is 356 g/mol. The Morgan fingerprint density at radius 3 is 1.79 bits per heavy atom. The van der Waals surface area contributed by atoms with Gasteiger partial charge in [0, 0.05) is 11.8 Å². The van der Waals surface area contributed by atoms with E-state index in [0.717, 1.165) is 25.7 Å². The van der Waals surface area contributed by atoms with Gasteiger partial charge < -0.3 is 4.74 Å². The highest BCUT2D eigenvalue weighted by Gasteiger charge is 2.23. The lowest BCUT2D eigenvalue weighted by atomic mass is 9.83. The van der Waals surface area contributed by atoms with Gasteiger partial charge in [0.05, 0.1) is 6.61 Å². The van der Waals surface area contributed by atoms with Crippen molar-refractivity contribution < 1.29 is 9.53 Å². The second-order valence-electron chi connectivity index (χ2n) is 9.26. The smallest absolute Gasteiger partial charge is 0.305 e. The normalized spacial score (nSPS) is 13.7. The first-order chi connectivity index (χ1) is 14.1. The van der Waals surface area contributed by atoms with Crippen molar-refractivity contribution in [2.45, 2.75) is 143 Å². The number of carbonyl (C=O) groups excluding carboxylic acids is 1. The van der Waals surface area contributed by atoms with Crippen molar-refractivity contribution in [1.29, 1.82) is 0 Å². The summed E-state index contributed by atoms with van der Waals surface area (Å²) in [6.07, 6.45) is 26.7. The lowest BCUT2D eigenvalue weighted by Gasteiger charge is -2.27. The summed E-state index contributed by atoms with van der Waals surface area (Å²) in [4.78, 5) is 12.0. The maximum atomic E-state index is 12.0. The van der Waals surface area contributed by atoms with Crippen LogP contribution < -0.4 is 0 Å². The van der Waals surface area contributed by atoms with E-state index in [4.69, 9.17) is 4.74 Å². The molecule has 0 saturated carbocycles. The van der Waals surface area contributed by atoms with Crippen LogP contribution in [-0.4, -0.2) is 12.6 Å². The second-order valence-corrected chi connectivity index (χ2v) is 9.26. The predicted molar refractivity (Wildman–Crippen MR) is 128 cm³/mol. The molecule has 0 radical (unpaired) electrons. The Balaban J connectivity index is 3.47. The van der Waals surface area contributed by atoms with Crippen molar-refractivity contribution in [3.63, 3.8) is 0 Å². The molecule has 29 heavy (non-hydrogen) atoms. The molecule has 2 nitrogen and oxygen atoms in total. The van der Waals surface area contributed by atoms with Gasteiger partial charge >= 0.3 is 5.97 Å². The van der Waals surface area contributed by atoms with E-state index in [2.05, 4.69) is 39.8 Å². The Bertz CT molecular complexity index is 388. The Morgan fingerprint density at radius 2 is 1.24 bits per heavy atom. The number of rotatable bonds is 21. The fourth-order valence-electron chi connectivity index (χ4n) is 3.62. The maximum Gasteiger partial charge on any atom is 0.305 e. The first kappa shape index (κ1) is 28.2. The van der Waals surface area contributed by atoms with E-state index in [-0.39, 0.29) is 11.4 Å². The Labute approximate surface area is 183 Å². The number of esters is 1. The van der Waals surface area contributed by atoms with E-state index in [9.17, 15) is 4.79 Å². The van der Waals surface area contributed by atoms with Gasteiger partial charge in [-0.15, -0.1) is 0 Å². The minimum atomic E-state index is -0.00111. The zero-order valence-electron chi connectivity index (χ0n) is 20.4. The van der Waals surface area contributed by atoms with Crippen molar-refractivity contribution in [3.8, 4) is 0 Å². The largest absolute Gasteiger partial charge is 0.465 e. The number of hydrogen-bond acceptors (Lipinski definition) is 2. The van der Waals surface area contributed by atoms with Gasteiger partial charge in [0.25, 0.3) is 0 Å². The topological polar surface area (TPSA) is 26.3 Å². The molecule has 0 aromatic rings. The van der Waals surface area contributed by atoms with Gasteiger partial charge in [-0.25, -0.2) is 0 Å². The summed E-state index contributed by atoms with van der Waals surface area (Å²) in [5, 5.41) is 0. The summed E-state index contributed by atoms with van der Waals surface area (Å²) in [6, 6.07) is 0. The molecule has 0 fully saturated rings. The van der Waals surface area contributed by atoms with Gasteiger partial charge in [-0.3, -0.25) is 4.79 Å². The SMILES string of the molecule is CCCCCCCCC=CCCCCCCCC(=O)OCC(C)(CC)CCCC. The number of ether oxygens (including phenoxy) is 1. The van der Waals surface area contributed by atoms with Crippen LogP contribution in [0.1, 0.15) is 143 Å². The van der Waals surface area contributed by atoms with Crippen LogP contribution in [0.25, 0.3) is 0 Å². The van der Waals surface area contributed by atoms with Crippen LogP contribution >= 0.6 is 0 Å². The zero-order chi connectivity index (χ0) is 21.6. The number of unbranched alkanes of at least 4 members (excludes halogenated alkanes) is 12. The van der Waals surface area contributed by atoms with E-state index in [1.165, 1.54) is 83.5 Å². The summed E-state index contributed by atoms with van der Waals surface area (Å²) in [5.41, 5.74) is 0.161. The first-order valence-corrected chi connectivity index (χ1v) is 12.9. The Kier molecular flexibility index (Phi) is 19.9. The van der Waals surface area contributed by atoms with Crippen LogP contribution in [0.3, 0.4) is 0 Å². The third-order valence-corrected chi connectivity index (χ3v) is 6.21. The molecule has 0 bridgehead atoms. The number of allylic oxidation sites excluding steroid dienone is 2. The van der Waals surface area contributed by atoms with E-state index in [1.54, 1.807) is 0 Å². The van der Waals surface area contributed by atoms with Gasteiger partial charge in [-0.2, -0.15) is 0 Å². The first-order valence-electron chi connectivity index (χ1n) is 12.9. The fraction of sp³-hybridized carbons (Fsp3) is 0.889.